The van der Waals surface area contributed by atoms with Crippen LogP contribution in [0, 0.1) is 0 Å². The van der Waals surface area contributed by atoms with Gasteiger partial charge in [-0.25, -0.2) is 0 Å². The molecule has 0 spiro atoms. The molecular formula is C13H28N2. The summed E-state index contributed by atoms with van der Waals surface area (Å²) < 4.78 is 0. The molecule has 2 heteroatoms. The molecule has 0 aromatic carbocycles. The second-order valence-electron chi connectivity index (χ2n) is 5.19. The molecule has 1 saturated heterocycles. The highest BCUT2D eigenvalue weighted by atomic mass is 15.2. The first kappa shape index (κ1) is 13.0. The first-order chi connectivity index (χ1) is 7.13. The van der Waals surface area contributed by atoms with Crippen molar-refractivity contribution in [3.05, 3.63) is 0 Å². The molecule has 2 nitrogen and oxygen atoms in total. The largest absolute Gasteiger partial charge is 0.310 e. The first-order valence-corrected chi connectivity index (χ1v) is 6.62. The Balaban J connectivity index is 2.68. The molecule has 0 aromatic rings. The van der Waals surface area contributed by atoms with E-state index in [9.17, 15) is 0 Å². The number of likely N-dealkylation sites (N-methyl/N-ethyl adjacent to an activating group) is 1. The highest BCUT2D eigenvalue weighted by Gasteiger charge is 2.31. The van der Waals surface area contributed by atoms with Crippen molar-refractivity contribution in [2.24, 2.45) is 0 Å². The molecule has 1 rings (SSSR count). The zero-order chi connectivity index (χ0) is 11.3. The fourth-order valence-corrected chi connectivity index (χ4v) is 2.70. The van der Waals surface area contributed by atoms with Gasteiger partial charge < -0.3 is 5.32 Å². The second kappa shape index (κ2) is 5.86. The highest BCUT2D eigenvalue weighted by Crippen LogP contribution is 2.25. The molecule has 1 unspecified atom stereocenters. The first-order valence-electron chi connectivity index (χ1n) is 6.62. The summed E-state index contributed by atoms with van der Waals surface area (Å²) in [5.41, 5.74) is 0.384. The third-order valence-corrected chi connectivity index (χ3v) is 3.82. The Morgan fingerprint density at radius 1 is 1.27 bits per heavy atom. The summed E-state index contributed by atoms with van der Waals surface area (Å²) in [6.45, 7) is 12.8. The topological polar surface area (TPSA) is 15.3 Å². The zero-order valence-corrected chi connectivity index (χ0v) is 11.0. The molecule has 0 saturated carbocycles. The molecule has 1 fully saturated rings. The van der Waals surface area contributed by atoms with Gasteiger partial charge in [0.05, 0.1) is 0 Å². The molecule has 1 atom stereocenters. The summed E-state index contributed by atoms with van der Waals surface area (Å²) in [4.78, 5) is 2.64. The number of rotatable bonds is 4. The fraction of sp³-hybridized carbons (Fsp3) is 1.00. The van der Waals surface area contributed by atoms with E-state index in [1.807, 2.05) is 0 Å². The molecule has 90 valence electrons. The van der Waals surface area contributed by atoms with E-state index in [2.05, 4.69) is 37.9 Å². The Morgan fingerprint density at radius 3 is 2.53 bits per heavy atom. The average Bonchev–Trinajstić information content (AvgIpc) is 2.42. The number of hydrogen-bond donors (Lipinski definition) is 1. The van der Waals surface area contributed by atoms with E-state index < -0.39 is 0 Å². The van der Waals surface area contributed by atoms with Crippen LogP contribution in [0.1, 0.15) is 53.4 Å². The van der Waals surface area contributed by atoms with Gasteiger partial charge in [0, 0.05) is 18.1 Å². The average molecular weight is 212 g/mol. The fourth-order valence-electron chi connectivity index (χ4n) is 2.70. The van der Waals surface area contributed by atoms with Crippen molar-refractivity contribution in [3.63, 3.8) is 0 Å². The van der Waals surface area contributed by atoms with Crippen LogP contribution in [0.2, 0.25) is 0 Å². The molecule has 1 aliphatic heterocycles. The summed E-state index contributed by atoms with van der Waals surface area (Å²) in [6.07, 6.45) is 5.35. The molecule has 0 bridgehead atoms. The number of nitrogens with zero attached hydrogens (tertiary/aromatic N) is 1. The number of nitrogens with one attached hydrogen (secondary N) is 1. The summed E-state index contributed by atoms with van der Waals surface area (Å²) in [5.74, 6) is 0. The van der Waals surface area contributed by atoms with Gasteiger partial charge in [-0.3, -0.25) is 4.90 Å². The number of likely N-dealkylation sites (tertiary alicyclic amines) is 1. The highest BCUT2D eigenvalue weighted by molar-refractivity contribution is 4.92. The third kappa shape index (κ3) is 3.46. The lowest BCUT2D eigenvalue weighted by Crippen LogP contribution is -2.53. The van der Waals surface area contributed by atoms with Crippen LogP contribution >= 0.6 is 0 Å². The van der Waals surface area contributed by atoms with Gasteiger partial charge in [0.2, 0.25) is 0 Å². The summed E-state index contributed by atoms with van der Waals surface area (Å²) >= 11 is 0. The van der Waals surface area contributed by atoms with Crippen LogP contribution in [0.5, 0.6) is 0 Å². The van der Waals surface area contributed by atoms with E-state index in [-0.39, 0.29) is 0 Å². The van der Waals surface area contributed by atoms with E-state index in [0.717, 1.165) is 6.54 Å². The monoisotopic (exact) mass is 212 g/mol. The van der Waals surface area contributed by atoms with Gasteiger partial charge >= 0.3 is 0 Å². The lowest BCUT2D eigenvalue weighted by Gasteiger charge is -2.38. The Hall–Kier alpha value is -0.0800. The zero-order valence-electron chi connectivity index (χ0n) is 11.0. The van der Waals surface area contributed by atoms with Crippen LogP contribution in [0.15, 0.2) is 0 Å². The predicted molar refractivity (Wildman–Crippen MR) is 67.3 cm³/mol. The van der Waals surface area contributed by atoms with Crippen molar-refractivity contribution in [3.8, 4) is 0 Å². The van der Waals surface area contributed by atoms with Gasteiger partial charge in [0.1, 0.15) is 0 Å². The van der Waals surface area contributed by atoms with Gasteiger partial charge in [-0.1, -0.05) is 20.3 Å². The van der Waals surface area contributed by atoms with Gasteiger partial charge in [-0.2, -0.15) is 0 Å². The molecule has 0 aromatic heterocycles. The van der Waals surface area contributed by atoms with Crippen LogP contribution in [0.25, 0.3) is 0 Å². The lowest BCUT2D eigenvalue weighted by molar-refractivity contribution is 0.159. The predicted octanol–water partition coefficient (Wildman–Crippen LogP) is 2.64. The molecule has 0 amide bonds. The summed E-state index contributed by atoms with van der Waals surface area (Å²) in [6, 6.07) is 0.688. The normalized spacial score (nSPS) is 29.4. The Morgan fingerprint density at radius 2 is 2.00 bits per heavy atom. The Labute approximate surface area is 95.4 Å². The minimum Gasteiger partial charge on any atom is -0.310 e. The van der Waals surface area contributed by atoms with Crippen LogP contribution in [-0.2, 0) is 0 Å². The van der Waals surface area contributed by atoms with Crippen molar-refractivity contribution >= 4 is 0 Å². The molecule has 1 heterocycles. The van der Waals surface area contributed by atoms with Crippen molar-refractivity contribution in [1.29, 1.82) is 0 Å². The smallest absolute Gasteiger partial charge is 0.0306 e. The SMILES string of the molecule is CCNC1(CC)CCCCN(C(C)C)C1. The molecular weight excluding hydrogens is 184 g/mol. The van der Waals surface area contributed by atoms with Gasteiger partial charge in [-0.15, -0.1) is 0 Å². The van der Waals surface area contributed by atoms with Crippen LogP contribution in [0.3, 0.4) is 0 Å². The minimum atomic E-state index is 0.384. The van der Waals surface area contributed by atoms with Gasteiger partial charge in [0.25, 0.3) is 0 Å². The van der Waals surface area contributed by atoms with E-state index in [1.165, 1.54) is 38.8 Å². The van der Waals surface area contributed by atoms with Gasteiger partial charge in [0.15, 0.2) is 0 Å². The standard InChI is InChI=1S/C13H28N2/c1-5-13(14-6-2)9-7-8-10-15(11-13)12(3)4/h12,14H,5-11H2,1-4H3. The number of hydrogen-bond acceptors (Lipinski definition) is 2. The van der Waals surface area contributed by atoms with E-state index in [1.54, 1.807) is 0 Å². The Kier molecular flexibility index (Phi) is 5.07. The maximum absolute atomic E-state index is 3.73. The van der Waals surface area contributed by atoms with Crippen molar-refractivity contribution < 1.29 is 0 Å². The van der Waals surface area contributed by atoms with Crippen molar-refractivity contribution in [1.82, 2.24) is 10.2 Å². The molecule has 0 aliphatic carbocycles. The minimum absolute atomic E-state index is 0.384. The maximum atomic E-state index is 3.73. The second-order valence-corrected chi connectivity index (χ2v) is 5.19. The lowest BCUT2D eigenvalue weighted by atomic mass is 9.90. The summed E-state index contributed by atoms with van der Waals surface area (Å²) in [5, 5.41) is 3.73. The quantitative estimate of drug-likeness (QED) is 0.770. The van der Waals surface area contributed by atoms with Gasteiger partial charge in [-0.05, 0) is 46.2 Å². The van der Waals surface area contributed by atoms with E-state index in [4.69, 9.17) is 0 Å². The van der Waals surface area contributed by atoms with Crippen molar-refractivity contribution in [2.75, 3.05) is 19.6 Å². The van der Waals surface area contributed by atoms with Crippen LogP contribution < -0.4 is 5.32 Å². The van der Waals surface area contributed by atoms with E-state index in [0.29, 0.717) is 11.6 Å². The third-order valence-electron chi connectivity index (χ3n) is 3.82. The maximum Gasteiger partial charge on any atom is 0.0306 e. The Bertz CT molecular complexity index is 179. The van der Waals surface area contributed by atoms with Crippen molar-refractivity contribution in [2.45, 2.75) is 65.0 Å². The summed E-state index contributed by atoms with van der Waals surface area (Å²) in [7, 11) is 0. The molecule has 1 N–H and O–H groups in total. The van der Waals surface area contributed by atoms with E-state index >= 15 is 0 Å². The van der Waals surface area contributed by atoms with Crippen LogP contribution in [-0.4, -0.2) is 36.1 Å². The molecule has 15 heavy (non-hydrogen) atoms. The van der Waals surface area contributed by atoms with Crippen LogP contribution in [0.4, 0.5) is 0 Å². The molecule has 0 radical (unpaired) electrons. The molecule has 1 aliphatic rings.